The molecule has 2 rings (SSSR count). The van der Waals surface area contributed by atoms with Crippen LogP contribution in [-0.2, 0) is 0 Å². The molecule has 2 aromatic heterocycles. The van der Waals surface area contributed by atoms with Gasteiger partial charge in [-0.25, -0.2) is 4.98 Å². The number of carbonyl (C=O) groups excluding carboxylic acids is 1. The molecule has 0 spiro atoms. The summed E-state index contributed by atoms with van der Waals surface area (Å²) in [5, 5.41) is 0. The number of hydrogen-bond donors (Lipinski definition) is 0. The van der Waals surface area contributed by atoms with Crippen molar-refractivity contribution in [3.8, 4) is 0 Å². The van der Waals surface area contributed by atoms with E-state index in [4.69, 9.17) is 0 Å². The van der Waals surface area contributed by atoms with E-state index in [1.807, 2.05) is 13.0 Å². The first-order chi connectivity index (χ1) is 6.79. The lowest BCUT2D eigenvalue weighted by molar-refractivity contribution is 0.0959. The smallest absolute Gasteiger partial charge is 0.264 e. The molecule has 4 heteroatoms. The average molecular weight is 187 g/mol. The molecular formula is C10H9N3O. The van der Waals surface area contributed by atoms with E-state index in [1.165, 1.54) is 10.9 Å². The van der Waals surface area contributed by atoms with Crippen LogP contribution in [0.3, 0.4) is 0 Å². The second-order valence-corrected chi connectivity index (χ2v) is 2.97. The molecule has 0 radical (unpaired) electrons. The zero-order valence-corrected chi connectivity index (χ0v) is 7.71. The van der Waals surface area contributed by atoms with E-state index < -0.39 is 0 Å². The van der Waals surface area contributed by atoms with Crippen molar-refractivity contribution in [2.45, 2.75) is 6.92 Å². The average Bonchev–Trinajstić information content (AvgIpc) is 2.70. The molecule has 0 saturated carbocycles. The number of carbonyl (C=O) groups is 1. The lowest BCUT2D eigenvalue weighted by Crippen LogP contribution is -2.11. The van der Waals surface area contributed by atoms with Crippen LogP contribution < -0.4 is 0 Å². The minimum absolute atomic E-state index is 0.104. The number of aromatic nitrogens is 3. The van der Waals surface area contributed by atoms with E-state index in [0.29, 0.717) is 5.56 Å². The van der Waals surface area contributed by atoms with Gasteiger partial charge in [-0.15, -0.1) is 0 Å². The second kappa shape index (κ2) is 3.41. The molecular weight excluding hydrogens is 178 g/mol. The van der Waals surface area contributed by atoms with Crippen molar-refractivity contribution in [3.05, 3.63) is 48.3 Å². The molecule has 0 fully saturated rings. The Morgan fingerprint density at radius 1 is 1.36 bits per heavy atom. The first-order valence-electron chi connectivity index (χ1n) is 4.22. The zero-order valence-electron chi connectivity index (χ0n) is 7.71. The van der Waals surface area contributed by atoms with Crippen molar-refractivity contribution in [2.75, 3.05) is 0 Å². The maximum absolute atomic E-state index is 11.8. The summed E-state index contributed by atoms with van der Waals surface area (Å²) in [6.07, 6.45) is 7.91. The van der Waals surface area contributed by atoms with E-state index >= 15 is 0 Å². The third-order valence-electron chi connectivity index (χ3n) is 2.01. The lowest BCUT2D eigenvalue weighted by atomic mass is 10.1. The Kier molecular flexibility index (Phi) is 2.10. The standard InChI is InChI=1S/C10H9N3O/c1-8-2-3-11-6-9(8)10(14)13-5-4-12-7-13/h2-7H,1H3. The van der Waals surface area contributed by atoms with Crippen molar-refractivity contribution in [1.29, 1.82) is 0 Å². The summed E-state index contributed by atoms with van der Waals surface area (Å²) in [6, 6.07) is 1.81. The minimum atomic E-state index is -0.104. The molecule has 0 aliphatic heterocycles. The largest absolute Gasteiger partial charge is 0.272 e. The highest BCUT2D eigenvalue weighted by atomic mass is 16.2. The van der Waals surface area contributed by atoms with Crippen LogP contribution in [0.25, 0.3) is 0 Å². The molecule has 70 valence electrons. The first-order valence-corrected chi connectivity index (χ1v) is 4.22. The molecule has 0 aromatic carbocycles. The van der Waals surface area contributed by atoms with Gasteiger partial charge in [0.1, 0.15) is 6.33 Å². The second-order valence-electron chi connectivity index (χ2n) is 2.97. The van der Waals surface area contributed by atoms with Gasteiger partial charge in [0.05, 0.1) is 5.56 Å². The molecule has 0 unspecified atom stereocenters. The molecule has 0 aliphatic rings. The van der Waals surface area contributed by atoms with Gasteiger partial charge < -0.3 is 0 Å². The molecule has 2 aromatic rings. The number of rotatable bonds is 1. The molecule has 14 heavy (non-hydrogen) atoms. The lowest BCUT2D eigenvalue weighted by Gasteiger charge is -2.03. The van der Waals surface area contributed by atoms with Crippen LogP contribution in [0, 0.1) is 6.92 Å². The number of pyridine rings is 1. The SMILES string of the molecule is Cc1ccncc1C(=O)n1ccnc1. The fraction of sp³-hybridized carbons (Fsp3) is 0.100. The van der Waals surface area contributed by atoms with Crippen LogP contribution in [0.15, 0.2) is 37.2 Å². The normalized spacial score (nSPS) is 10.1. The van der Waals surface area contributed by atoms with Crippen molar-refractivity contribution >= 4 is 5.91 Å². The predicted molar refractivity (Wildman–Crippen MR) is 50.9 cm³/mol. The molecule has 0 N–H and O–H groups in total. The van der Waals surface area contributed by atoms with Crippen LogP contribution in [-0.4, -0.2) is 20.4 Å². The monoisotopic (exact) mass is 187 g/mol. The van der Waals surface area contributed by atoms with Crippen LogP contribution in [0.1, 0.15) is 15.9 Å². The summed E-state index contributed by atoms with van der Waals surface area (Å²) < 4.78 is 1.43. The van der Waals surface area contributed by atoms with Gasteiger partial charge in [0.15, 0.2) is 0 Å². The number of nitrogens with zero attached hydrogens (tertiary/aromatic N) is 3. The van der Waals surface area contributed by atoms with E-state index in [0.717, 1.165) is 5.56 Å². The summed E-state index contributed by atoms with van der Waals surface area (Å²) >= 11 is 0. The quantitative estimate of drug-likeness (QED) is 0.675. The fourth-order valence-electron chi connectivity index (χ4n) is 1.21. The van der Waals surface area contributed by atoms with Gasteiger partial charge >= 0.3 is 0 Å². The molecule has 2 heterocycles. The molecule has 0 atom stereocenters. The van der Waals surface area contributed by atoms with Gasteiger partial charge in [-0.3, -0.25) is 14.3 Å². The Bertz CT molecular complexity index is 448. The van der Waals surface area contributed by atoms with Gasteiger partial charge in [-0.2, -0.15) is 0 Å². The predicted octanol–water partition coefficient (Wildman–Crippen LogP) is 1.28. The molecule has 0 bridgehead atoms. The Labute approximate surface area is 81.2 Å². The van der Waals surface area contributed by atoms with E-state index in [2.05, 4.69) is 9.97 Å². The number of aryl methyl sites for hydroxylation is 1. The Morgan fingerprint density at radius 2 is 2.21 bits per heavy atom. The highest BCUT2D eigenvalue weighted by molar-refractivity contribution is 5.96. The number of hydrogen-bond acceptors (Lipinski definition) is 3. The van der Waals surface area contributed by atoms with Crippen molar-refractivity contribution in [1.82, 2.24) is 14.5 Å². The molecule has 0 amide bonds. The zero-order chi connectivity index (χ0) is 9.97. The van der Waals surface area contributed by atoms with Gasteiger partial charge in [0.2, 0.25) is 0 Å². The van der Waals surface area contributed by atoms with Crippen molar-refractivity contribution in [2.24, 2.45) is 0 Å². The topological polar surface area (TPSA) is 47.8 Å². The highest BCUT2D eigenvalue weighted by Crippen LogP contribution is 2.06. The number of imidazole rings is 1. The summed E-state index contributed by atoms with van der Waals surface area (Å²) in [5.74, 6) is -0.104. The summed E-state index contributed by atoms with van der Waals surface area (Å²) in [5.41, 5.74) is 1.52. The van der Waals surface area contributed by atoms with Crippen LogP contribution in [0.4, 0.5) is 0 Å². The third kappa shape index (κ3) is 1.42. The molecule has 0 aliphatic carbocycles. The van der Waals surface area contributed by atoms with Crippen molar-refractivity contribution in [3.63, 3.8) is 0 Å². The summed E-state index contributed by atoms with van der Waals surface area (Å²) in [6.45, 7) is 1.88. The van der Waals surface area contributed by atoms with Crippen LogP contribution >= 0.6 is 0 Å². The van der Waals surface area contributed by atoms with E-state index in [1.54, 1.807) is 24.8 Å². The van der Waals surface area contributed by atoms with E-state index in [9.17, 15) is 4.79 Å². The van der Waals surface area contributed by atoms with Gasteiger partial charge in [0, 0.05) is 24.8 Å². The first kappa shape index (κ1) is 8.62. The van der Waals surface area contributed by atoms with Gasteiger partial charge in [-0.05, 0) is 18.6 Å². The Balaban J connectivity index is 2.42. The fourth-order valence-corrected chi connectivity index (χ4v) is 1.21. The third-order valence-corrected chi connectivity index (χ3v) is 2.01. The van der Waals surface area contributed by atoms with Gasteiger partial charge in [-0.1, -0.05) is 0 Å². The summed E-state index contributed by atoms with van der Waals surface area (Å²) in [7, 11) is 0. The van der Waals surface area contributed by atoms with Crippen LogP contribution in [0.5, 0.6) is 0 Å². The molecule has 4 nitrogen and oxygen atoms in total. The molecule has 0 saturated heterocycles. The Hall–Kier alpha value is -1.97. The summed E-state index contributed by atoms with van der Waals surface area (Å²) in [4.78, 5) is 19.6. The maximum Gasteiger partial charge on any atom is 0.264 e. The minimum Gasteiger partial charge on any atom is -0.272 e. The van der Waals surface area contributed by atoms with E-state index in [-0.39, 0.29) is 5.91 Å². The Morgan fingerprint density at radius 3 is 2.86 bits per heavy atom. The van der Waals surface area contributed by atoms with Gasteiger partial charge in [0.25, 0.3) is 5.91 Å². The highest BCUT2D eigenvalue weighted by Gasteiger charge is 2.09. The van der Waals surface area contributed by atoms with Crippen LogP contribution in [0.2, 0.25) is 0 Å². The van der Waals surface area contributed by atoms with Crippen molar-refractivity contribution < 1.29 is 4.79 Å². The maximum atomic E-state index is 11.8.